The number of nitrogens with one attached hydrogen (secondary N) is 1. The van der Waals surface area contributed by atoms with Crippen molar-refractivity contribution in [2.24, 2.45) is 13.0 Å². The number of carbonyl (C=O) groups is 1. The molecule has 2 N–H and O–H groups in total. The average Bonchev–Trinajstić information content (AvgIpc) is 3.17. The van der Waals surface area contributed by atoms with Gasteiger partial charge in [0.2, 0.25) is 0 Å². The lowest BCUT2D eigenvalue weighted by Crippen LogP contribution is -2.32. The quantitative estimate of drug-likeness (QED) is 0.886. The molecule has 2 aromatic heterocycles. The summed E-state index contributed by atoms with van der Waals surface area (Å²) in [7, 11) is 1.90. The van der Waals surface area contributed by atoms with Crippen LogP contribution in [0.3, 0.4) is 0 Å². The first-order valence-corrected chi connectivity index (χ1v) is 7.83. The molecule has 0 aromatic carbocycles. The van der Waals surface area contributed by atoms with Crippen molar-refractivity contribution in [1.29, 1.82) is 0 Å². The molecule has 0 bridgehead atoms. The van der Waals surface area contributed by atoms with Crippen molar-refractivity contribution >= 4 is 5.91 Å². The Morgan fingerprint density at radius 1 is 1.48 bits per heavy atom. The van der Waals surface area contributed by atoms with Crippen molar-refractivity contribution in [2.75, 3.05) is 6.54 Å². The molecular weight excluding hydrogens is 296 g/mol. The third-order valence-electron chi connectivity index (χ3n) is 4.68. The van der Waals surface area contributed by atoms with Crippen molar-refractivity contribution in [3.8, 4) is 0 Å². The second kappa shape index (κ2) is 6.16. The van der Waals surface area contributed by atoms with E-state index in [0.717, 1.165) is 23.6 Å². The maximum atomic E-state index is 12.1. The molecule has 2 heterocycles. The molecule has 23 heavy (non-hydrogen) atoms. The highest BCUT2D eigenvalue weighted by Crippen LogP contribution is 2.37. The topological polar surface area (TPSA) is 93.2 Å². The number of aromatic nitrogens is 3. The number of aryl methyl sites for hydroxylation is 3. The molecule has 1 aliphatic carbocycles. The first-order valence-electron chi connectivity index (χ1n) is 7.83. The molecule has 7 nitrogen and oxygen atoms in total. The molecule has 124 valence electrons. The van der Waals surface area contributed by atoms with Crippen molar-refractivity contribution in [3.63, 3.8) is 0 Å². The van der Waals surface area contributed by atoms with Gasteiger partial charge in [-0.05, 0) is 38.3 Å². The Morgan fingerprint density at radius 2 is 2.26 bits per heavy atom. The molecular formula is C16H22N4O3. The third-order valence-corrected chi connectivity index (χ3v) is 4.68. The molecule has 0 radical (unpaired) electrons. The molecule has 0 unspecified atom stereocenters. The molecule has 2 aromatic rings. The standard InChI is InChI=1S/C16H22N4O3/c1-9-4-14(23-10(9)2)16(22)17-7-12-5-11(6-13(12)21)15-19-18-8-20(15)3/h4,8,11-13,21H,5-7H2,1-3H3,(H,17,22)/t11-,12+,13+/m0/s1. The van der Waals surface area contributed by atoms with Gasteiger partial charge in [0, 0.05) is 25.4 Å². The predicted molar refractivity (Wildman–Crippen MR) is 83.0 cm³/mol. The molecule has 1 fully saturated rings. The van der Waals surface area contributed by atoms with Crippen LogP contribution >= 0.6 is 0 Å². The molecule has 3 rings (SSSR count). The Labute approximate surface area is 134 Å². The number of aliphatic hydroxyl groups is 1. The smallest absolute Gasteiger partial charge is 0.287 e. The summed E-state index contributed by atoms with van der Waals surface area (Å²) in [5.74, 6) is 1.90. The maximum absolute atomic E-state index is 12.1. The van der Waals surface area contributed by atoms with Crippen LogP contribution in [0.2, 0.25) is 0 Å². The van der Waals surface area contributed by atoms with Crippen molar-refractivity contribution in [2.45, 2.75) is 38.7 Å². The zero-order valence-corrected chi connectivity index (χ0v) is 13.6. The van der Waals surface area contributed by atoms with Crippen LogP contribution in [-0.4, -0.2) is 38.4 Å². The van der Waals surface area contributed by atoms with Gasteiger partial charge < -0.3 is 19.4 Å². The molecule has 3 atom stereocenters. The van der Waals surface area contributed by atoms with Crippen LogP contribution < -0.4 is 5.32 Å². The highest BCUT2D eigenvalue weighted by Gasteiger charge is 2.36. The summed E-state index contributed by atoms with van der Waals surface area (Å²) in [6.45, 7) is 4.16. The Kier molecular flexibility index (Phi) is 4.21. The van der Waals surface area contributed by atoms with Gasteiger partial charge in [-0.15, -0.1) is 10.2 Å². The number of hydrogen-bond acceptors (Lipinski definition) is 5. The number of aliphatic hydroxyl groups excluding tert-OH is 1. The summed E-state index contributed by atoms with van der Waals surface area (Å²) < 4.78 is 7.30. The lowest BCUT2D eigenvalue weighted by Gasteiger charge is -2.14. The summed E-state index contributed by atoms with van der Waals surface area (Å²) in [6.07, 6.45) is 2.64. The number of amides is 1. The maximum Gasteiger partial charge on any atom is 0.287 e. The number of nitrogens with zero attached hydrogens (tertiary/aromatic N) is 3. The average molecular weight is 318 g/mol. The Bertz CT molecular complexity index is 686. The minimum atomic E-state index is -0.447. The first kappa shape index (κ1) is 15.7. The SMILES string of the molecule is Cc1cc(C(=O)NC[C@H]2C[C@H](c3nncn3C)C[C@H]2O)oc1C. The lowest BCUT2D eigenvalue weighted by molar-refractivity contribution is 0.0889. The van der Waals surface area contributed by atoms with Crippen LogP contribution in [-0.2, 0) is 7.05 Å². The zero-order valence-electron chi connectivity index (χ0n) is 13.6. The van der Waals surface area contributed by atoms with E-state index in [2.05, 4.69) is 15.5 Å². The second-order valence-corrected chi connectivity index (χ2v) is 6.36. The highest BCUT2D eigenvalue weighted by atomic mass is 16.3. The van der Waals surface area contributed by atoms with Crippen LogP contribution in [0.25, 0.3) is 0 Å². The van der Waals surface area contributed by atoms with Crippen molar-refractivity contribution in [1.82, 2.24) is 20.1 Å². The fourth-order valence-corrected chi connectivity index (χ4v) is 3.19. The number of hydrogen-bond donors (Lipinski definition) is 2. The van der Waals surface area contributed by atoms with E-state index in [1.165, 1.54) is 0 Å². The van der Waals surface area contributed by atoms with Gasteiger partial charge in [-0.25, -0.2) is 0 Å². The molecule has 0 aliphatic heterocycles. The van der Waals surface area contributed by atoms with Crippen molar-refractivity contribution in [3.05, 3.63) is 35.3 Å². The van der Waals surface area contributed by atoms with Gasteiger partial charge in [0.05, 0.1) is 6.10 Å². The number of furan rings is 1. The molecule has 0 spiro atoms. The van der Waals surface area contributed by atoms with E-state index in [1.807, 2.05) is 25.5 Å². The van der Waals surface area contributed by atoms with E-state index in [4.69, 9.17) is 4.42 Å². The van der Waals surface area contributed by atoms with Crippen LogP contribution in [0, 0.1) is 19.8 Å². The fourth-order valence-electron chi connectivity index (χ4n) is 3.19. The van der Waals surface area contributed by atoms with Crippen molar-refractivity contribution < 1.29 is 14.3 Å². The van der Waals surface area contributed by atoms with Gasteiger partial charge in [0.25, 0.3) is 5.91 Å². The molecule has 1 saturated carbocycles. The second-order valence-electron chi connectivity index (χ2n) is 6.36. The summed E-state index contributed by atoms with van der Waals surface area (Å²) in [5.41, 5.74) is 0.957. The van der Waals surface area contributed by atoms with E-state index in [0.29, 0.717) is 18.7 Å². The van der Waals surface area contributed by atoms with E-state index in [-0.39, 0.29) is 17.7 Å². The Hall–Kier alpha value is -2.15. The molecule has 1 aliphatic rings. The first-order chi connectivity index (χ1) is 11.0. The fraction of sp³-hybridized carbons (Fsp3) is 0.562. The van der Waals surface area contributed by atoms with Gasteiger partial charge in [-0.3, -0.25) is 4.79 Å². The normalized spacial score (nSPS) is 24.1. The van der Waals surface area contributed by atoms with Gasteiger partial charge in [0.15, 0.2) is 5.76 Å². The predicted octanol–water partition coefficient (Wildman–Crippen LogP) is 1.31. The molecule has 0 saturated heterocycles. The largest absolute Gasteiger partial charge is 0.456 e. The van der Waals surface area contributed by atoms with Crippen LogP contribution in [0.4, 0.5) is 0 Å². The van der Waals surface area contributed by atoms with E-state index in [1.54, 1.807) is 12.4 Å². The van der Waals surface area contributed by atoms with Gasteiger partial charge in [-0.1, -0.05) is 0 Å². The minimum Gasteiger partial charge on any atom is -0.456 e. The summed E-state index contributed by atoms with van der Waals surface area (Å²) in [5, 5.41) is 21.1. The summed E-state index contributed by atoms with van der Waals surface area (Å²) >= 11 is 0. The van der Waals surface area contributed by atoms with E-state index < -0.39 is 6.10 Å². The lowest BCUT2D eigenvalue weighted by atomic mass is 10.0. The van der Waals surface area contributed by atoms with Crippen LogP contribution in [0.5, 0.6) is 0 Å². The zero-order chi connectivity index (χ0) is 16.6. The Morgan fingerprint density at radius 3 is 2.87 bits per heavy atom. The van der Waals surface area contributed by atoms with E-state index in [9.17, 15) is 9.90 Å². The van der Waals surface area contributed by atoms with Gasteiger partial charge >= 0.3 is 0 Å². The summed E-state index contributed by atoms with van der Waals surface area (Å²) in [6, 6.07) is 1.73. The monoisotopic (exact) mass is 318 g/mol. The van der Waals surface area contributed by atoms with Crippen LogP contribution in [0.1, 0.15) is 46.5 Å². The number of carbonyl (C=O) groups excluding carboxylic acids is 1. The Balaban J connectivity index is 1.58. The molecule has 1 amide bonds. The third kappa shape index (κ3) is 3.14. The summed E-state index contributed by atoms with van der Waals surface area (Å²) in [4.78, 5) is 12.1. The van der Waals surface area contributed by atoms with Gasteiger partial charge in [0.1, 0.15) is 17.9 Å². The highest BCUT2D eigenvalue weighted by molar-refractivity contribution is 5.91. The minimum absolute atomic E-state index is 0.0119. The van der Waals surface area contributed by atoms with Crippen LogP contribution in [0.15, 0.2) is 16.8 Å². The number of rotatable bonds is 4. The van der Waals surface area contributed by atoms with Gasteiger partial charge in [-0.2, -0.15) is 0 Å². The molecule has 7 heteroatoms. The van der Waals surface area contributed by atoms with E-state index >= 15 is 0 Å².